The van der Waals surface area contributed by atoms with E-state index >= 15 is 0 Å². The minimum absolute atomic E-state index is 0. The quantitative estimate of drug-likeness (QED) is 0.173. The van der Waals surface area contributed by atoms with Crippen LogP contribution < -0.4 is 15.9 Å². The van der Waals surface area contributed by atoms with E-state index < -0.39 is 23.8 Å². The van der Waals surface area contributed by atoms with Gasteiger partial charge in [0.15, 0.2) is 5.66 Å². The van der Waals surface area contributed by atoms with Crippen LogP contribution in [0, 0.1) is 10.1 Å². The molecule has 0 heterocycles. The van der Waals surface area contributed by atoms with E-state index in [9.17, 15) is 20.0 Å². The predicted molar refractivity (Wildman–Crippen MR) is 133 cm³/mol. The smallest absolute Gasteiger partial charge is 0.346 e. The molecule has 4 rings (SSSR count). The number of rotatable bonds is 8. The largest absolute Gasteiger partial charge is 0.478 e. The first-order valence-corrected chi connectivity index (χ1v) is 12.4. The van der Waals surface area contributed by atoms with Gasteiger partial charge in [0, 0.05) is 38.5 Å². The van der Waals surface area contributed by atoms with Gasteiger partial charge < -0.3 is 5.11 Å². The van der Waals surface area contributed by atoms with Crippen LogP contribution in [-0.2, 0) is 31.6 Å². The Morgan fingerprint density at radius 3 is 1.50 bits per heavy atom. The third-order valence-electron chi connectivity index (χ3n) is 5.84. The molecule has 0 spiro atoms. The number of nitro benzene ring substituents is 1. The second kappa shape index (κ2) is 11.3. The summed E-state index contributed by atoms with van der Waals surface area (Å²) in [7, 11) is -2.76. The average Bonchev–Trinajstić information content (AvgIpc) is 2.86. The maximum atomic E-state index is 13.0. The van der Waals surface area contributed by atoms with E-state index in [1.165, 1.54) is 6.07 Å². The molecule has 0 amide bonds. The third kappa shape index (κ3) is 4.86. The van der Waals surface area contributed by atoms with Gasteiger partial charge in [-0.2, -0.15) is 0 Å². The number of benzene rings is 4. The van der Waals surface area contributed by atoms with Gasteiger partial charge in [0.1, 0.15) is 23.2 Å². The molecule has 4 aromatic rings. The Morgan fingerprint density at radius 2 is 1.12 bits per heavy atom. The summed E-state index contributed by atoms with van der Waals surface area (Å²) in [5, 5.41) is 25.1. The second-order valence-corrected chi connectivity index (χ2v) is 11.3. The molecule has 0 aliphatic heterocycles. The summed E-state index contributed by atoms with van der Waals surface area (Å²) in [4.78, 5) is 24.3. The maximum Gasteiger partial charge on any atom is 0.346 e. The first kappa shape index (κ1) is 25.5. The van der Waals surface area contributed by atoms with Gasteiger partial charge in [-0.3, -0.25) is 10.1 Å². The van der Waals surface area contributed by atoms with E-state index in [-0.39, 0.29) is 32.5 Å². The Morgan fingerprint density at radius 1 is 0.735 bits per heavy atom. The molecular weight excluding hydrogens is 619 g/mol. The fraction of sp³-hybridized carbons (Fsp3) is 0.0741. The van der Waals surface area contributed by atoms with Crippen molar-refractivity contribution >= 4 is 34.8 Å². The monoisotopic (exact) mass is 643 g/mol. The molecule has 0 saturated heterocycles. The fourth-order valence-electron chi connectivity index (χ4n) is 4.44. The number of aliphatic carboxylic acids is 1. The number of carbonyl (C=O) groups is 1. The molecule has 1 atom stereocenters. The Balaban J connectivity index is 0.00000324. The van der Waals surface area contributed by atoms with Crippen molar-refractivity contribution in [3.05, 3.63) is 131 Å². The standard InChI is InChI=1S/C27H22NO4P.Re/c29-27(30)26(20-21-12-10-11-19-25(21)28(31)32)33(22-13-4-1-5-14-22,23-15-6-2-7-16-23)24-17-8-3-9-18-24;/h1-19,26H,20H2;/p+1. The molecule has 0 aromatic heterocycles. The van der Waals surface area contributed by atoms with Gasteiger partial charge in [0.2, 0.25) is 0 Å². The molecule has 1 radical (unpaired) electrons. The molecule has 0 aliphatic rings. The van der Waals surface area contributed by atoms with Crippen LogP contribution in [0.4, 0.5) is 5.69 Å². The van der Waals surface area contributed by atoms with E-state index in [1.54, 1.807) is 18.2 Å². The zero-order valence-electron chi connectivity index (χ0n) is 18.2. The number of hydrogen-bond acceptors (Lipinski definition) is 3. The van der Waals surface area contributed by atoms with Crippen molar-refractivity contribution in [3.8, 4) is 0 Å². The minimum Gasteiger partial charge on any atom is -0.478 e. The molecule has 0 bridgehead atoms. The van der Waals surface area contributed by atoms with Gasteiger partial charge in [0.25, 0.3) is 5.69 Å². The topological polar surface area (TPSA) is 80.4 Å². The Kier molecular flexibility index (Phi) is 8.47. The molecule has 7 heteroatoms. The van der Waals surface area contributed by atoms with Gasteiger partial charge >= 0.3 is 5.97 Å². The van der Waals surface area contributed by atoms with E-state index in [4.69, 9.17) is 0 Å². The van der Waals surface area contributed by atoms with Gasteiger partial charge in [0.05, 0.1) is 4.92 Å². The summed E-state index contributed by atoms with van der Waals surface area (Å²) in [6, 6.07) is 35.5. The van der Waals surface area contributed by atoms with Crippen LogP contribution in [0.25, 0.3) is 0 Å². The fourth-order valence-corrected chi connectivity index (χ4v) is 9.14. The SMILES string of the molecule is O=C(O)C(Cc1ccccc1[N+](=O)[O-])[P+](c1ccccc1)(c1ccccc1)c1ccccc1.[Re]. The molecular formula is C27H23NO4PRe+. The van der Waals surface area contributed by atoms with Crippen LogP contribution in [-0.4, -0.2) is 21.7 Å². The van der Waals surface area contributed by atoms with Crippen molar-refractivity contribution in [2.75, 3.05) is 0 Å². The Hall–Kier alpha value is -3.16. The molecule has 34 heavy (non-hydrogen) atoms. The van der Waals surface area contributed by atoms with Gasteiger partial charge in [-0.1, -0.05) is 72.8 Å². The van der Waals surface area contributed by atoms with E-state index in [1.807, 2.05) is 91.0 Å². The Bertz CT molecular complexity index is 1160. The molecule has 0 fully saturated rings. The van der Waals surface area contributed by atoms with Crippen molar-refractivity contribution in [3.63, 3.8) is 0 Å². The van der Waals surface area contributed by atoms with Crippen molar-refractivity contribution in [2.24, 2.45) is 0 Å². The van der Waals surface area contributed by atoms with Crippen LogP contribution in [0.15, 0.2) is 115 Å². The van der Waals surface area contributed by atoms with Crippen LogP contribution >= 0.6 is 7.26 Å². The number of para-hydroxylation sites is 1. The summed E-state index contributed by atoms with van der Waals surface area (Å²) in [6.45, 7) is 0. The molecule has 4 aromatic carbocycles. The summed E-state index contributed by atoms with van der Waals surface area (Å²) in [5.41, 5.74) is -0.538. The second-order valence-electron chi connectivity index (χ2n) is 7.67. The number of carboxylic acid groups (broad SMARTS) is 1. The minimum atomic E-state index is -2.76. The summed E-state index contributed by atoms with van der Waals surface area (Å²) >= 11 is 0. The van der Waals surface area contributed by atoms with Gasteiger partial charge in [-0.25, -0.2) is 4.79 Å². The molecule has 171 valence electrons. The van der Waals surface area contributed by atoms with E-state index in [2.05, 4.69) is 0 Å². The predicted octanol–water partition coefficient (Wildman–Crippen LogP) is 4.58. The van der Waals surface area contributed by atoms with Gasteiger partial charge in [-0.05, 0) is 36.4 Å². The molecule has 0 aliphatic carbocycles. The van der Waals surface area contributed by atoms with Crippen molar-refractivity contribution in [1.82, 2.24) is 0 Å². The average molecular weight is 643 g/mol. The molecule has 0 saturated carbocycles. The maximum absolute atomic E-state index is 13.0. The first-order chi connectivity index (χ1) is 16.0. The summed E-state index contributed by atoms with van der Waals surface area (Å²) < 4.78 is 0. The van der Waals surface area contributed by atoms with Crippen LogP contribution in [0.3, 0.4) is 0 Å². The molecule has 1 N–H and O–H groups in total. The number of hydrogen-bond donors (Lipinski definition) is 1. The van der Waals surface area contributed by atoms with Crippen LogP contribution in [0.2, 0.25) is 0 Å². The van der Waals surface area contributed by atoms with E-state index in [0.29, 0.717) is 5.56 Å². The number of nitro groups is 1. The van der Waals surface area contributed by atoms with E-state index in [0.717, 1.165) is 15.9 Å². The normalized spacial score (nSPS) is 11.8. The van der Waals surface area contributed by atoms with Gasteiger partial charge in [-0.15, -0.1) is 0 Å². The zero-order chi connectivity index (χ0) is 23.3. The molecule has 1 unspecified atom stereocenters. The zero-order valence-corrected chi connectivity index (χ0v) is 21.8. The first-order valence-electron chi connectivity index (χ1n) is 10.6. The van der Waals surface area contributed by atoms with Crippen LogP contribution in [0.5, 0.6) is 0 Å². The Labute approximate surface area is 212 Å². The number of nitrogens with zero attached hydrogens (tertiary/aromatic N) is 1. The summed E-state index contributed by atoms with van der Waals surface area (Å²) in [5.74, 6) is -0.974. The molecule has 5 nitrogen and oxygen atoms in total. The third-order valence-corrected chi connectivity index (χ3v) is 10.5. The van der Waals surface area contributed by atoms with Crippen molar-refractivity contribution in [1.29, 1.82) is 0 Å². The van der Waals surface area contributed by atoms with Crippen molar-refractivity contribution < 1.29 is 35.2 Å². The van der Waals surface area contributed by atoms with Crippen molar-refractivity contribution in [2.45, 2.75) is 12.1 Å². The summed E-state index contributed by atoms with van der Waals surface area (Å²) in [6.07, 6.45) is 0.0406. The van der Waals surface area contributed by atoms with Crippen LogP contribution in [0.1, 0.15) is 5.56 Å². The number of carboxylic acids is 1.